The highest BCUT2D eigenvalue weighted by atomic mass is 14.9. The minimum absolute atomic E-state index is 1.23. The summed E-state index contributed by atoms with van der Waals surface area (Å²) in [6.45, 7) is 2.22. The average Bonchev–Trinajstić information content (AvgIpc) is 2.97. The van der Waals surface area contributed by atoms with Crippen molar-refractivity contribution in [2.45, 2.75) is 26.2 Å². The van der Waals surface area contributed by atoms with Crippen molar-refractivity contribution < 1.29 is 4.57 Å². The number of benzene rings is 2. The van der Waals surface area contributed by atoms with Gasteiger partial charge in [-0.1, -0.05) is 24.3 Å². The van der Waals surface area contributed by atoms with Crippen molar-refractivity contribution >= 4 is 10.8 Å². The first-order valence-corrected chi connectivity index (χ1v) is 7.75. The Balaban J connectivity index is 2.10. The topological polar surface area (TPSA) is 3.88 Å². The molecule has 0 amide bonds. The van der Waals surface area contributed by atoms with E-state index in [1.54, 1.807) is 11.1 Å². The van der Waals surface area contributed by atoms with Gasteiger partial charge in [0.25, 0.3) is 0 Å². The van der Waals surface area contributed by atoms with Crippen LogP contribution in [0.2, 0.25) is 0 Å². The summed E-state index contributed by atoms with van der Waals surface area (Å²) in [5.74, 6) is 0. The Morgan fingerprint density at radius 3 is 2.62 bits per heavy atom. The Bertz CT molecular complexity index is 846. The van der Waals surface area contributed by atoms with E-state index in [1.165, 1.54) is 46.9 Å². The molecule has 0 atom stereocenters. The molecule has 4 rings (SSSR count). The molecule has 104 valence electrons. The van der Waals surface area contributed by atoms with Gasteiger partial charge in [0.15, 0.2) is 6.20 Å². The van der Waals surface area contributed by atoms with Gasteiger partial charge >= 0.3 is 0 Å². The van der Waals surface area contributed by atoms with Crippen LogP contribution in [0.15, 0.2) is 48.7 Å². The van der Waals surface area contributed by atoms with Crippen LogP contribution in [0, 0.1) is 6.92 Å². The highest BCUT2D eigenvalue weighted by molar-refractivity contribution is 5.99. The summed E-state index contributed by atoms with van der Waals surface area (Å²) in [6, 6.07) is 15.7. The molecule has 1 aromatic heterocycles. The number of pyridine rings is 1. The van der Waals surface area contributed by atoms with Gasteiger partial charge in [-0.25, -0.2) is 4.57 Å². The first kappa shape index (κ1) is 12.6. The van der Waals surface area contributed by atoms with Crippen molar-refractivity contribution in [2.75, 3.05) is 0 Å². The number of fused-ring (bicyclic) bond motifs is 3. The molecule has 0 N–H and O–H groups in total. The summed E-state index contributed by atoms with van der Waals surface area (Å²) in [6.07, 6.45) is 5.90. The highest BCUT2D eigenvalue weighted by Crippen LogP contribution is 2.36. The highest BCUT2D eigenvalue weighted by Gasteiger charge is 2.19. The van der Waals surface area contributed by atoms with Crippen LogP contribution in [0.5, 0.6) is 0 Å². The lowest BCUT2D eigenvalue weighted by Crippen LogP contribution is -2.30. The summed E-state index contributed by atoms with van der Waals surface area (Å²) in [5.41, 5.74) is 7.15. The van der Waals surface area contributed by atoms with E-state index in [4.69, 9.17) is 0 Å². The molecule has 2 aromatic carbocycles. The third kappa shape index (κ3) is 1.88. The number of nitrogens with zero attached hydrogens (tertiary/aromatic N) is 1. The first-order chi connectivity index (χ1) is 10.3. The molecule has 0 spiro atoms. The van der Waals surface area contributed by atoms with Crippen LogP contribution in [0.1, 0.15) is 23.1 Å². The smallest absolute Gasteiger partial charge is 0.201 e. The molecular weight excluding hydrogens is 254 g/mol. The molecule has 1 heterocycles. The molecule has 1 nitrogen and oxygen atoms in total. The molecule has 1 aliphatic carbocycles. The molecule has 0 unspecified atom stereocenters. The van der Waals surface area contributed by atoms with Crippen molar-refractivity contribution in [2.24, 2.45) is 7.05 Å². The SMILES string of the molecule is Cc1ccc2c3c(ccc2c1-c1cccc[n+]1C)CCC3. The van der Waals surface area contributed by atoms with Crippen molar-refractivity contribution in [3.63, 3.8) is 0 Å². The number of aromatic nitrogens is 1. The second-order valence-corrected chi connectivity index (χ2v) is 6.11. The normalized spacial score (nSPS) is 13.6. The lowest BCUT2D eigenvalue weighted by atomic mass is 9.92. The van der Waals surface area contributed by atoms with Gasteiger partial charge < -0.3 is 0 Å². The lowest BCUT2D eigenvalue weighted by molar-refractivity contribution is -0.660. The lowest BCUT2D eigenvalue weighted by Gasteiger charge is -2.12. The fourth-order valence-electron chi connectivity index (χ4n) is 3.73. The number of hydrogen-bond acceptors (Lipinski definition) is 0. The Kier molecular flexibility index (Phi) is 2.81. The average molecular weight is 274 g/mol. The van der Waals surface area contributed by atoms with Crippen LogP contribution >= 0.6 is 0 Å². The van der Waals surface area contributed by atoms with Crippen molar-refractivity contribution in [3.05, 3.63) is 65.4 Å². The zero-order valence-corrected chi connectivity index (χ0v) is 12.7. The van der Waals surface area contributed by atoms with E-state index in [2.05, 4.69) is 67.2 Å². The molecular formula is C20H20N+. The first-order valence-electron chi connectivity index (χ1n) is 7.75. The number of rotatable bonds is 1. The van der Waals surface area contributed by atoms with Gasteiger partial charge in [0, 0.05) is 12.1 Å². The van der Waals surface area contributed by atoms with Gasteiger partial charge in [-0.3, -0.25) is 0 Å². The van der Waals surface area contributed by atoms with Gasteiger partial charge in [-0.2, -0.15) is 0 Å². The Morgan fingerprint density at radius 2 is 1.76 bits per heavy atom. The Morgan fingerprint density at radius 1 is 0.905 bits per heavy atom. The summed E-state index contributed by atoms with van der Waals surface area (Å²) in [5, 5.41) is 2.85. The van der Waals surface area contributed by atoms with E-state index >= 15 is 0 Å². The molecule has 21 heavy (non-hydrogen) atoms. The molecule has 0 saturated carbocycles. The van der Waals surface area contributed by atoms with Crippen LogP contribution in [0.4, 0.5) is 0 Å². The van der Waals surface area contributed by atoms with Gasteiger partial charge in [-0.15, -0.1) is 0 Å². The van der Waals surface area contributed by atoms with E-state index in [0.717, 1.165) is 0 Å². The molecule has 0 radical (unpaired) electrons. The van der Waals surface area contributed by atoms with E-state index in [9.17, 15) is 0 Å². The Hall–Kier alpha value is -2.15. The summed E-state index contributed by atoms with van der Waals surface area (Å²) in [7, 11) is 2.13. The summed E-state index contributed by atoms with van der Waals surface area (Å²) < 4.78 is 2.22. The van der Waals surface area contributed by atoms with Gasteiger partial charge in [0.05, 0.1) is 5.56 Å². The summed E-state index contributed by atoms with van der Waals surface area (Å²) >= 11 is 0. The van der Waals surface area contributed by atoms with E-state index in [0.29, 0.717) is 0 Å². The molecule has 0 saturated heterocycles. The van der Waals surface area contributed by atoms with E-state index in [-0.39, 0.29) is 0 Å². The maximum absolute atomic E-state index is 2.34. The molecule has 0 bridgehead atoms. The van der Waals surface area contributed by atoms with E-state index < -0.39 is 0 Å². The fourth-order valence-corrected chi connectivity index (χ4v) is 3.73. The predicted octanol–water partition coefficient (Wildman–Crippen LogP) is 4.13. The zero-order valence-electron chi connectivity index (χ0n) is 12.7. The second kappa shape index (κ2) is 4.70. The molecule has 1 aliphatic rings. The fraction of sp³-hybridized carbons (Fsp3) is 0.250. The molecule has 0 fully saturated rings. The molecule has 3 aromatic rings. The summed E-state index contributed by atoms with van der Waals surface area (Å²) in [4.78, 5) is 0. The second-order valence-electron chi connectivity index (χ2n) is 6.11. The maximum atomic E-state index is 2.34. The minimum Gasteiger partial charge on any atom is -0.201 e. The van der Waals surface area contributed by atoms with Crippen LogP contribution in [0.25, 0.3) is 22.0 Å². The minimum atomic E-state index is 1.23. The molecule has 0 aliphatic heterocycles. The van der Waals surface area contributed by atoms with Crippen LogP contribution in [0.3, 0.4) is 0 Å². The van der Waals surface area contributed by atoms with Gasteiger partial charge in [-0.05, 0) is 59.7 Å². The number of hydrogen-bond donors (Lipinski definition) is 0. The van der Waals surface area contributed by atoms with Crippen LogP contribution in [-0.4, -0.2) is 0 Å². The standard InChI is InChI=1S/C20H20N/c1-14-9-11-17-16-7-5-6-15(16)10-12-18(17)20(14)19-8-3-4-13-21(19)2/h3-4,8-13H,5-7H2,1-2H3/q+1. The Labute approximate surface area is 125 Å². The zero-order chi connectivity index (χ0) is 14.4. The van der Waals surface area contributed by atoms with Crippen LogP contribution in [-0.2, 0) is 19.9 Å². The molecule has 1 heteroatoms. The van der Waals surface area contributed by atoms with Crippen molar-refractivity contribution in [3.8, 4) is 11.3 Å². The van der Waals surface area contributed by atoms with Crippen LogP contribution < -0.4 is 4.57 Å². The van der Waals surface area contributed by atoms with Crippen molar-refractivity contribution in [1.82, 2.24) is 0 Å². The quantitative estimate of drug-likeness (QED) is 0.587. The number of aryl methyl sites for hydroxylation is 4. The van der Waals surface area contributed by atoms with Gasteiger partial charge in [0.2, 0.25) is 5.69 Å². The maximum Gasteiger partial charge on any atom is 0.213 e. The van der Waals surface area contributed by atoms with E-state index in [1.807, 2.05) is 0 Å². The largest absolute Gasteiger partial charge is 0.213 e. The van der Waals surface area contributed by atoms with Gasteiger partial charge in [0.1, 0.15) is 7.05 Å². The van der Waals surface area contributed by atoms with Crippen molar-refractivity contribution in [1.29, 1.82) is 0 Å². The monoisotopic (exact) mass is 274 g/mol. The third-order valence-electron chi connectivity index (χ3n) is 4.80. The third-order valence-corrected chi connectivity index (χ3v) is 4.80. The predicted molar refractivity (Wildman–Crippen MR) is 87.3 cm³/mol.